The van der Waals surface area contributed by atoms with Crippen LogP contribution < -0.4 is 16.6 Å². The van der Waals surface area contributed by atoms with Gasteiger partial charge in [-0.05, 0) is 24.6 Å². The van der Waals surface area contributed by atoms with E-state index >= 15 is 0 Å². The summed E-state index contributed by atoms with van der Waals surface area (Å²) in [4.78, 5) is 25.2. The molecule has 0 radical (unpaired) electrons. The number of alkyl halides is 5. The molecule has 166 valence electrons. The number of carbonyl (C=O) groups is 1. The predicted octanol–water partition coefficient (Wildman–Crippen LogP) is 3.91. The Morgan fingerprint density at radius 2 is 2.00 bits per heavy atom. The molecule has 0 unspecified atom stereocenters. The smallest absolute Gasteiger partial charge is 0.397 e. The summed E-state index contributed by atoms with van der Waals surface area (Å²) in [6, 6.07) is 2.70. The second-order valence-electron chi connectivity index (χ2n) is 7.46. The number of pyridine rings is 1. The molecule has 31 heavy (non-hydrogen) atoms. The largest absolute Gasteiger partial charge is 0.416 e. The zero-order chi connectivity index (χ0) is 23.1. The lowest BCUT2D eigenvalue weighted by molar-refractivity contribution is -0.137. The first kappa shape index (κ1) is 22.4. The SMILES string of the molecule is C[C@@H](NC(=O)c1cn(C2CC(F)(F)C2)c(=O)c(C=N)c1N)c1cccc(C(F)(F)F)c1. The molecular weight excluding hydrogens is 423 g/mol. The number of rotatable bonds is 5. The Hall–Kier alpha value is -3.24. The molecular formula is C20H19F5N4O2. The van der Waals surface area contributed by atoms with Gasteiger partial charge in [0.15, 0.2) is 0 Å². The van der Waals surface area contributed by atoms with Gasteiger partial charge in [-0.1, -0.05) is 12.1 Å². The number of nitrogens with zero attached hydrogens (tertiary/aromatic N) is 1. The van der Waals surface area contributed by atoms with Crippen LogP contribution in [0.15, 0.2) is 35.3 Å². The van der Waals surface area contributed by atoms with Crippen molar-refractivity contribution in [3.8, 4) is 0 Å². The lowest BCUT2D eigenvalue weighted by atomic mass is 9.87. The van der Waals surface area contributed by atoms with Crippen molar-refractivity contribution in [2.45, 2.75) is 43.9 Å². The van der Waals surface area contributed by atoms with Gasteiger partial charge in [-0.25, -0.2) is 8.78 Å². The van der Waals surface area contributed by atoms with Crippen LogP contribution in [0.2, 0.25) is 0 Å². The maximum absolute atomic E-state index is 13.3. The minimum absolute atomic E-state index is 0.181. The third kappa shape index (κ3) is 4.44. The average Bonchev–Trinajstić information content (AvgIpc) is 2.66. The molecule has 1 saturated carbocycles. The molecule has 4 N–H and O–H groups in total. The van der Waals surface area contributed by atoms with E-state index < -0.39 is 54.1 Å². The summed E-state index contributed by atoms with van der Waals surface area (Å²) in [5.41, 5.74) is 3.52. The summed E-state index contributed by atoms with van der Waals surface area (Å²) in [5, 5.41) is 9.90. The van der Waals surface area contributed by atoms with Crippen molar-refractivity contribution < 1.29 is 26.7 Å². The fourth-order valence-corrected chi connectivity index (χ4v) is 3.43. The summed E-state index contributed by atoms with van der Waals surface area (Å²) in [7, 11) is 0. The van der Waals surface area contributed by atoms with Gasteiger partial charge in [0.25, 0.3) is 17.4 Å². The topological polar surface area (TPSA) is 101 Å². The molecule has 0 spiro atoms. The fourth-order valence-electron chi connectivity index (χ4n) is 3.43. The molecule has 1 aliphatic rings. The number of nitrogens with one attached hydrogen (secondary N) is 2. The summed E-state index contributed by atoms with van der Waals surface area (Å²) < 4.78 is 66.3. The molecule has 0 saturated heterocycles. The van der Waals surface area contributed by atoms with Crippen LogP contribution in [0.25, 0.3) is 0 Å². The Morgan fingerprint density at radius 1 is 1.35 bits per heavy atom. The van der Waals surface area contributed by atoms with E-state index in [1.54, 1.807) is 0 Å². The number of anilines is 1. The fraction of sp³-hybridized carbons (Fsp3) is 0.350. The van der Waals surface area contributed by atoms with Gasteiger partial charge < -0.3 is 21.0 Å². The maximum Gasteiger partial charge on any atom is 0.416 e. The normalized spacial score (nSPS) is 17.0. The van der Waals surface area contributed by atoms with Crippen molar-refractivity contribution >= 4 is 17.8 Å². The summed E-state index contributed by atoms with van der Waals surface area (Å²) in [6.45, 7) is 1.46. The number of carbonyl (C=O) groups excluding carboxylic acids is 1. The van der Waals surface area contributed by atoms with E-state index in [0.29, 0.717) is 6.21 Å². The van der Waals surface area contributed by atoms with E-state index in [4.69, 9.17) is 11.1 Å². The van der Waals surface area contributed by atoms with Gasteiger partial charge in [0, 0.05) is 31.3 Å². The number of hydrogen-bond donors (Lipinski definition) is 3. The number of hydrogen-bond acceptors (Lipinski definition) is 4. The third-order valence-corrected chi connectivity index (χ3v) is 5.23. The van der Waals surface area contributed by atoms with Gasteiger partial charge in [0.2, 0.25) is 0 Å². The molecule has 11 heteroatoms. The van der Waals surface area contributed by atoms with Crippen LogP contribution in [-0.4, -0.2) is 22.6 Å². The molecule has 1 aliphatic carbocycles. The molecule has 6 nitrogen and oxygen atoms in total. The van der Waals surface area contributed by atoms with Crippen LogP contribution in [0.5, 0.6) is 0 Å². The van der Waals surface area contributed by atoms with Gasteiger partial charge in [0.1, 0.15) is 0 Å². The van der Waals surface area contributed by atoms with E-state index in [2.05, 4.69) is 5.32 Å². The minimum Gasteiger partial charge on any atom is -0.397 e. The van der Waals surface area contributed by atoms with E-state index in [9.17, 15) is 31.5 Å². The first-order chi connectivity index (χ1) is 14.3. The Labute approximate surface area is 173 Å². The zero-order valence-corrected chi connectivity index (χ0v) is 16.3. The van der Waals surface area contributed by atoms with Crippen LogP contribution in [0.1, 0.15) is 58.9 Å². The van der Waals surface area contributed by atoms with E-state index in [0.717, 1.165) is 22.9 Å². The van der Waals surface area contributed by atoms with Crippen molar-refractivity contribution in [1.82, 2.24) is 9.88 Å². The zero-order valence-electron chi connectivity index (χ0n) is 16.3. The van der Waals surface area contributed by atoms with Gasteiger partial charge in [0.05, 0.1) is 28.4 Å². The highest BCUT2D eigenvalue weighted by Crippen LogP contribution is 2.45. The molecule has 2 aromatic rings. The monoisotopic (exact) mass is 442 g/mol. The number of amides is 1. The Kier molecular flexibility index (Phi) is 5.64. The molecule has 1 fully saturated rings. The molecule has 0 bridgehead atoms. The maximum atomic E-state index is 13.3. The van der Waals surface area contributed by atoms with Gasteiger partial charge in [-0.2, -0.15) is 13.2 Å². The lowest BCUT2D eigenvalue weighted by Gasteiger charge is -2.36. The van der Waals surface area contributed by atoms with E-state index in [1.807, 2.05) is 0 Å². The molecule has 1 amide bonds. The molecule has 1 aromatic heterocycles. The lowest BCUT2D eigenvalue weighted by Crippen LogP contribution is -2.42. The van der Waals surface area contributed by atoms with Gasteiger partial charge in [-0.3, -0.25) is 9.59 Å². The van der Waals surface area contributed by atoms with E-state index in [1.165, 1.54) is 19.1 Å². The van der Waals surface area contributed by atoms with Crippen LogP contribution in [0.3, 0.4) is 0 Å². The Balaban J connectivity index is 1.91. The van der Waals surface area contributed by atoms with Crippen LogP contribution >= 0.6 is 0 Å². The Morgan fingerprint density at radius 3 is 2.55 bits per heavy atom. The average molecular weight is 442 g/mol. The summed E-state index contributed by atoms with van der Waals surface area (Å²) >= 11 is 0. The van der Waals surface area contributed by atoms with Crippen molar-refractivity contribution in [2.24, 2.45) is 0 Å². The van der Waals surface area contributed by atoms with Gasteiger partial charge >= 0.3 is 6.18 Å². The number of halogens is 5. The van der Waals surface area contributed by atoms with Crippen molar-refractivity contribution in [3.05, 3.63) is 63.1 Å². The highest BCUT2D eigenvalue weighted by molar-refractivity contribution is 6.02. The number of benzene rings is 1. The summed E-state index contributed by atoms with van der Waals surface area (Å²) in [6.07, 6.45) is -4.04. The highest BCUT2D eigenvalue weighted by Gasteiger charge is 2.47. The number of aromatic nitrogens is 1. The minimum atomic E-state index is -4.55. The van der Waals surface area contributed by atoms with Crippen LogP contribution in [-0.2, 0) is 6.18 Å². The first-order valence-electron chi connectivity index (χ1n) is 9.25. The second-order valence-corrected chi connectivity index (χ2v) is 7.46. The second kappa shape index (κ2) is 7.78. The number of nitrogens with two attached hydrogens (primary N) is 1. The molecule has 0 aliphatic heterocycles. The van der Waals surface area contributed by atoms with E-state index in [-0.39, 0.29) is 22.4 Å². The third-order valence-electron chi connectivity index (χ3n) is 5.23. The Bertz CT molecular complexity index is 1090. The highest BCUT2D eigenvalue weighted by atomic mass is 19.4. The van der Waals surface area contributed by atoms with Crippen molar-refractivity contribution in [1.29, 1.82) is 5.41 Å². The van der Waals surface area contributed by atoms with Crippen molar-refractivity contribution in [3.63, 3.8) is 0 Å². The number of nitrogen functional groups attached to an aromatic ring is 1. The predicted molar refractivity (Wildman–Crippen MR) is 104 cm³/mol. The quantitative estimate of drug-likeness (QED) is 0.484. The summed E-state index contributed by atoms with van der Waals surface area (Å²) in [5.74, 6) is -3.73. The molecule has 1 aromatic carbocycles. The standard InChI is InChI=1S/C20H19F5N4O2/c1-10(11-3-2-4-12(5-11)20(23,24)25)28-17(30)15-9-29(13-6-19(21,22)7-13)18(31)14(8-26)16(15)27/h2-5,8-10,13,26H,6-7,27H2,1H3,(H,28,30)/t10-/m1/s1. The molecule has 3 rings (SSSR count). The van der Waals surface area contributed by atoms with Crippen LogP contribution in [0, 0.1) is 5.41 Å². The molecule has 1 heterocycles. The molecule has 1 atom stereocenters. The van der Waals surface area contributed by atoms with Crippen molar-refractivity contribution in [2.75, 3.05) is 5.73 Å². The first-order valence-corrected chi connectivity index (χ1v) is 9.25. The van der Waals surface area contributed by atoms with Crippen LogP contribution in [0.4, 0.5) is 27.6 Å². The van der Waals surface area contributed by atoms with Gasteiger partial charge in [-0.15, -0.1) is 0 Å².